The van der Waals surface area contributed by atoms with Crippen molar-refractivity contribution in [1.29, 1.82) is 0 Å². The van der Waals surface area contributed by atoms with Crippen LogP contribution in [0.3, 0.4) is 0 Å². The second-order valence-electron chi connectivity index (χ2n) is 1.42. The molecular weight excluding hydrogens is 128 g/mol. The van der Waals surface area contributed by atoms with Crippen molar-refractivity contribution in [3.05, 3.63) is 23.8 Å². The van der Waals surface area contributed by atoms with Gasteiger partial charge in [0.2, 0.25) is 0 Å². The Bertz CT molecular complexity index is 168. The maximum absolute atomic E-state index is 5.16. The fourth-order valence-corrected chi connectivity index (χ4v) is 0.438. The van der Waals surface area contributed by atoms with Crippen LogP contribution in [0, 0.1) is 0 Å². The molecule has 0 rings (SSSR count). The lowest BCUT2D eigenvalue weighted by Gasteiger charge is -1.96. The van der Waals surface area contributed by atoms with Gasteiger partial charge in [0.25, 0.3) is 0 Å². The first-order valence-electron chi connectivity index (χ1n) is 2.57. The van der Waals surface area contributed by atoms with Crippen LogP contribution in [0.15, 0.2) is 33.8 Å². The molecule has 4 nitrogen and oxygen atoms in total. The third-order valence-corrected chi connectivity index (χ3v) is 0.919. The fraction of sp³-hybridized carbons (Fsp3) is 0. The highest BCUT2D eigenvalue weighted by molar-refractivity contribution is 5.41. The molecule has 0 atom stereocenters. The predicted molar refractivity (Wildman–Crippen MR) is 43.6 cm³/mol. The molecule has 0 aromatic heterocycles. The summed E-state index contributed by atoms with van der Waals surface area (Å²) in [4.78, 5) is 7.11. The van der Waals surface area contributed by atoms with E-state index < -0.39 is 0 Å². The van der Waals surface area contributed by atoms with E-state index >= 15 is 0 Å². The first-order valence-corrected chi connectivity index (χ1v) is 2.57. The van der Waals surface area contributed by atoms with Crippen molar-refractivity contribution in [2.24, 2.45) is 21.5 Å². The van der Waals surface area contributed by atoms with Gasteiger partial charge in [-0.1, -0.05) is 0 Å². The second-order valence-corrected chi connectivity index (χ2v) is 1.42. The molecule has 0 aromatic rings. The summed E-state index contributed by atoms with van der Waals surface area (Å²) in [6.45, 7) is 6.53. The molecule has 0 unspecified atom stereocenters. The van der Waals surface area contributed by atoms with E-state index in [4.69, 9.17) is 11.5 Å². The highest BCUT2D eigenvalue weighted by Gasteiger charge is 1.95. The minimum absolute atomic E-state index is 0.428. The average Bonchev–Trinajstić information content (AvgIpc) is 2.00. The zero-order valence-electron chi connectivity index (χ0n) is 5.62. The summed E-state index contributed by atoms with van der Waals surface area (Å²) in [5.74, 6) is 0. The molecule has 0 aliphatic rings. The molecule has 0 amide bonds. The lowest BCUT2D eigenvalue weighted by Crippen LogP contribution is -1.92. The van der Waals surface area contributed by atoms with Gasteiger partial charge in [-0.15, -0.1) is 0 Å². The first kappa shape index (κ1) is 8.42. The summed E-state index contributed by atoms with van der Waals surface area (Å²) < 4.78 is 0. The predicted octanol–water partition coefficient (Wildman–Crippen LogP) is -0.0122. The molecule has 0 aromatic carbocycles. The third-order valence-electron chi connectivity index (χ3n) is 0.919. The van der Waals surface area contributed by atoms with Gasteiger partial charge in [0.1, 0.15) is 11.4 Å². The SMILES string of the molecule is C=NC(=C/N)/C(=C\N)N=C. The van der Waals surface area contributed by atoms with Gasteiger partial charge in [0.15, 0.2) is 0 Å². The van der Waals surface area contributed by atoms with Crippen LogP contribution in [0.25, 0.3) is 0 Å². The minimum Gasteiger partial charge on any atom is -0.403 e. The van der Waals surface area contributed by atoms with Crippen molar-refractivity contribution >= 4 is 13.4 Å². The molecule has 0 radical (unpaired) electrons. The highest BCUT2D eigenvalue weighted by atomic mass is 14.8. The second kappa shape index (κ2) is 4.31. The van der Waals surface area contributed by atoms with Crippen LogP contribution in [0.5, 0.6) is 0 Å². The van der Waals surface area contributed by atoms with Gasteiger partial charge in [-0.2, -0.15) is 0 Å². The largest absolute Gasteiger partial charge is 0.403 e. The highest BCUT2D eigenvalue weighted by Crippen LogP contribution is 2.07. The molecule has 0 saturated carbocycles. The first-order chi connectivity index (χ1) is 4.79. The van der Waals surface area contributed by atoms with Crippen LogP contribution >= 0.6 is 0 Å². The molecule has 0 fully saturated rings. The topological polar surface area (TPSA) is 76.8 Å². The summed E-state index contributed by atoms with van der Waals surface area (Å²) in [7, 11) is 0. The van der Waals surface area contributed by atoms with Crippen molar-refractivity contribution in [2.45, 2.75) is 0 Å². The molecule has 0 spiro atoms. The minimum atomic E-state index is 0.428. The van der Waals surface area contributed by atoms with Crippen molar-refractivity contribution in [2.75, 3.05) is 0 Å². The van der Waals surface area contributed by atoms with Gasteiger partial charge in [-0.25, -0.2) is 0 Å². The molecular formula is C6H10N4. The van der Waals surface area contributed by atoms with Crippen LogP contribution in [0.2, 0.25) is 0 Å². The van der Waals surface area contributed by atoms with Gasteiger partial charge in [0.05, 0.1) is 0 Å². The number of hydrogen-bond acceptors (Lipinski definition) is 4. The van der Waals surface area contributed by atoms with E-state index in [0.717, 1.165) is 0 Å². The van der Waals surface area contributed by atoms with Gasteiger partial charge in [-0.3, -0.25) is 9.98 Å². The molecule has 4 heteroatoms. The number of nitrogens with two attached hydrogens (primary N) is 2. The summed E-state index contributed by atoms with van der Waals surface area (Å²) >= 11 is 0. The van der Waals surface area contributed by atoms with Gasteiger partial charge in [-0.05, 0) is 13.4 Å². The van der Waals surface area contributed by atoms with Crippen LogP contribution < -0.4 is 11.5 Å². The molecule has 4 N–H and O–H groups in total. The van der Waals surface area contributed by atoms with E-state index in [2.05, 4.69) is 23.4 Å². The van der Waals surface area contributed by atoms with Crippen LogP contribution in [0.1, 0.15) is 0 Å². The molecule has 0 heterocycles. The Morgan fingerprint density at radius 2 is 1.30 bits per heavy atom. The van der Waals surface area contributed by atoms with Crippen LogP contribution in [-0.4, -0.2) is 13.4 Å². The number of aliphatic imine (C=N–C) groups is 2. The number of rotatable bonds is 3. The van der Waals surface area contributed by atoms with E-state index in [1.807, 2.05) is 0 Å². The summed E-state index contributed by atoms with van der Waals surface area (Å²) in [5, 5.41) is 0. The average molecular weight is 138 g/mol. The zero-order valence-corrected chi connectivity index (χ0v) is 5.62. The Morgan fingerprint density at radius 3 is 1.40 bits per heavy atom. The quantitative estimate of drug-likeness (QED) is 0.425. The molecule has 54 valence electrons. The lowest BCUT2D eigenvalue weighted by atomic mass is 10.4. The summed E-state index contributed by atoms with van der Waals surface area (Å²) in [5.41, 5.74) is 11.2. The van der Waals surface area contributed by atoms with Crippen molar-refractivity contribution < 1.29 is 0 Å². The Labute approximate surface area is 59.7 Å². The van der Waals surface area contributed by atoms with Gasteiger partial charge < -0.3 is 11.5 Å². The van der Waals surface area contributed by atoms with E-state index in [9.17, 15) is 0 Å². The van der Waals surface area contributed by atoms with Crippen molar-refractivity contribution in [1.82, 2.24) is 0 Å². The van der Waals surface area contributed by atoms with Crippen molar-refractivity contribution in [3.8, 4) is 0 Å². The maximum atomic E-state index is 5.16. The van der Waals surface area contributed by atoms with Crippen LogP contribution in [-0.2, 0) is 0 Å². The van der Waals surface area contributed by atoms with Crippen molar-refractivity contribution in [3.63, 3.8) is 0 Å². The standard InChI is InChI=1S/C6H10N4/c1-9-5(3-7)6(4-8)10-2/h3-4H,1-2,7-8H2/b5-3+,6-4+. The molecule has 10 heavy (non-hydrogen) atoms. The third kappa shape index (κ3) is 1.74. The van der Waals surface area contributed by atoms with Gasteiger partial charge in [0, 0.05) is 12.4 Å². The summed E-state index contributed by atoms with van der Waals surface area (Å²) in [6, 6.07) is 0. The summed E-state index contributed by atoms with van der Waals surface area (Å²) in [6.07, 6.45) is 2.53. The molecule has 0 aliphatic heterocycles. The Morgan fingerprint density at radius 1 is 1.00 bits per heavy atom. The molecule has 0 aliphatic carbocycles. The van der Waals surface area contributed by atoms with E-state index in [1.165, 1.54) is 12.4 Å². The number of nitrogens with zero attached hydrogens (tertiary/aromatic N) is 2. The molecule has 0 bridgehead atoms. The van der Waals surface area contributed by atoms with E-state index in [1.54, 1.807) is 0 Å². The Kier molecular flexibility index (Phi) is 3.63. The van der Waals surface area contributed by atoms with E-state index in [-0.39, 0.29) is 0 Å². The van der Waals surface area contributed by atoms with Crippen LogP contribution in [0.4, 0.5) is 0 Å². The molecule has 0 saturated heterocycles. The lowest BCUT2D eigenvalue weighted by molar-refractivity contribution is 1.22. The Hall–Kier alpha value is -1.58. The smallest absolute Gasteiger partial charge is 0.105 e. The maximum Gasteiger partial charge on any atom is 0.105 e. The normalized spacial score (nSPS) is 12.8. The fourth-order valence-electron chi connectivity index (χ4n) is 0.438. The van der Waals surface area contributed by atoms with Gasteiger partial charge >= 0.3 is 0 Å². The Balaban J connectivity index is 4.58. The number of hydrogen-bond donors (Lipinski definition) is 2. The van der Waals surface area contributed by atoms with E-state index in [0.29, 0.717) is 11.4 Å². The monoisotopic (exact) mass is 138 g/mol. The zero-order chi connectivity index (χ0) is 7.98.